The Morgan fingerprint density at radius 2 is 1.53 bits per heavy atom. The summed E-state index contributed by atoms with van der Waals surface area (Å²) in [6.07, 6.45) is -3.34. The van der Waals surface area contributed by atoms with E-state index < -0.39 is 29.6 Å². The highest BCUT2D eigenvalue weighted by Crippen LogP contribution is 2.50. The molecule has 13 heteroatoms. The summed E-state index contributed by atoms with van der Waals surface area (Å²) in [5.41, 5.74) is 2.46. The number of aliphatic carboxylic acids is 2. The van der Waals surface area contributed by atoms with Gasteiger partial charge in [-0.05, 0) is 47.7 Å². The molecule has 6 N–H and O–H groups in total. The third kappa shape index (κ3) is 6.49. The molecule has 13 nitrogen and oxygen atoms in total. The van der Waals surface area contributed by atoms with Gasteiger partial charge < -0.3 is 45.1 Å². The van der Waals surface area contributed by atoms with E-state index in [0.29, 0.717) is 41.2 Å². The maximum atomic E-state index is 12.3. The number of carbonyl (C=O) groups is 3. The van der Waals surface area contributed by atoms with Crippen LogP contribution in [0.1, 0.15) is 30.5 Å². The number of carboxylic acid groups (broad SMARTS) is 2. The van der Waals surface area contributed by atoms with E-state index in [4.69, 9.17) is 34.6 Å². The van der Waals surface area contributed by atoms with Crippen LogP contribution in [0.3, 0.4) is 0 Å². The third-order valence-corrected chi connectivity index (χ3v) is 5.70. The first-order valence-electron chi connectivity index (χ1n) is 11.2. The number of rotatable bonds is 7. The Morgan fingerprint density at radius 3 is 2.00 bits per heavy atom. The van der Waals surface area contributed by atoms with E-state index >= 15 is 0 Å². The van der Waals surface area contributed by atoms with E-state index in [-0.39, 0.29) is 17.7 Å². The zero-order valence-corrected chi connectivity index (χ0v) is 21.0. The molecule has 0 saturated carbocycles. The van der Waals surface area contributed by atoms with Gasteiger partial charge in [0.05, 0.1) is 27.4 Å². The highest BCUT2D eigenvalue weighted by Gasteiger charge is 2.30. The molecule has 0 heterocycles. The number of benzene rings is 1. The van der Waals surface area contributed by atoms with E-state index in [0.717, 1.165) is 11.1 Å². The van der Waals surface area contributed by atoms with Crippen molar-refractivity contribution in [2.75, 3.05) is 21.3 Å². The fourth-order valence-corrected chi connectivity index (χ4v) is 3.97. The highest BCUT2D eigenvalue weighted by molar-refractivity contribution is 5.84. The Balaban J connectivity index is 0.000000432. The smallest absolute Gasteiger partial charge is 0.335 e. The van der Waals surface area contributed by atoms with Crippen LogP contribution in [0.2, 0.25) is 0 Å². The number of amides is 1. The lowest BCUT2D eigenvalue weighted by atomic mass is 9.95. The average molecular weight is 536 g/mol. The van der Waals surface area contributed by atoms with Gasteiger partial charge >= 0.3 is 11.9 Å². The van der Waals surface area contributed by atoms with Crippen molar-refractivity contribution in [2.24, 2.45) is 0 Å². The third-order valence-electron chi connectivity index (χ3n) is 5.70. The van der Waals surface area contributed by atoms with Gasteiger partial charge in [0.1, 0.15) is 0 Å². The molecule has 1 aliphatic carbocycles. The fraction of sp³-hybridized carbons (Fsp3) is 0.360. The summed E-state index contributed by atoms with van der Waals surface area (Å²) in [5.74, 6) is -2.66. The van der Waals surface area contributed by atoms with Crippen molar-refractivity contribution in [1.29, 1.82) is 0 Å². The van der Waals surface area contributed by atoms with E-state index in [2.05, 4.69) is 5.32 Å². The first-order chi connectivity index (χ1) is 17.9. The van der Waals surface area contributed by atoms with Gasteiger partial charge in [-0.15, -0.1) is 0 Å². The van der Waals surface area contributed by atoms with E-state index in [1.54, 1.807) is 13.2 Å². The van der Waals surface area contributed by atoms with Crippen LogP contribution in [-0.2, 0) is 20.8 Å². The standard InChI is InChI=1S/C21H23NO6.C4H6O6/c1-11(23)22-15-7-5-12-9-18(26-2)20(27-3)21(28-4)19(12)13-6-8-16(24)17(25)10-14(13)15;5-1(3(7)8)2(6)4(9)10/h6,8-10,15H,5,7H2,1-4H3,(H,22,23)(H,24,25);1-2,5-6H,(H,7,8)(H,9,10)/t15-;/m0./s1. The summed E-state index contributed by atoms with van der Waals surface area (Å²) in [4.78, 5) is 43.6. The number of hydrogen-bond acceptors (Lipinski definition) is 10. The average Bonchev–Trinajstić information content (AvgIpc) is 3.10. The number of carbonyl (C=O) groups excluding carboxylic acids is 1. The van der Waals surface area contributed by atoms with Gasteiger partial charge in [0.2, 0.25) is 17.1 Å². The largest absolute Gasteiger partial charge is 0.504 e. The minimum absolute atomic E-state index is 0.202. The molecule has 2 aromatic carbocycles. The van der Waals surface area contributed by atoms with Crippen LogP contribution < -0.4 is 25.0 Å². The lowest BCUT2D eigenvalue weighted by molar-refractivity contribution is -0.165. The first kappa shape index (κ1) is 29.9. The van der Waals surface area contributed by atoms with Crippen LogP contribution in [0, 0.1) is 0 Å². The quantitative estimate of drug-likeness (QED) is 0.285. The van der Waals surface area contributed by atoms with Crippen LogP contribution >= 0.6 is 0 Å². The SMILES string of the molecule is COc1cc2c(c(OC)c1OC)-c1ccc(O)c(=O)cc1[C@@H](NC(C)=O)CC2.O=C(O)C(O)C(O)C(=O)O. The van der Waals surface area contributed by atoms with Crippen molar-refractivity contribution in [2.45, 2.75) is 38.0 Å². The van der Waals surface area contributed by atoms with Crippen molar-refractivity contribution in [3.8, 4) is 34.1 Å². The van der Waals surface area contributed by atoms with Gasteiger partial charge in [-0.3, -0.25) is 9.59 Å². The molecule has 0 bridgehead atoms. The van der Waals surface area contributed by atoms with Crippen molar-refractivity contribution >= 4 is 17.8 Å². The Morgan fingerprint density at radius 1 is 0.947 bits per heavy atom. The molecule has 0 aromatic heterocycles. The number of aliphatic hydroxyl groups excluding tert-OH is 2. The van der Waals surface area contributed by atoms with Crippen LogP contribution in [-0.4, -0.2) is 76.9 Å². The fourth-order valence-electron chi connectivity index (χ4n) is 3.97. The molecule has 38 heavy (non-hydrogen) atoms. The van der Waals surface area contributed by atoms with Crippen LogP contribution in [0.5, 0.6) is 23.0 Å². The molecular weight excluding hydrogens is 506 g/mol. The van der Waals surface area contributed by atoms with E-state index in [9.17, 15) is 24.3 Å². The zero-order chi connectivity index (χ0) is 28.7. The lowest BCUT2D eigenvalue weighted by Crippen LogP contribution is -2.39. The topological polar surface area (TPSA) is 209 Å². The minimum atomic E-state index is -2.27. The Hall–Kier alpha value is -4.36. The maximum absolute atomic E-state index is 12.3. The Bertz CT molecular complexity index is 1260. The number of fused-ring (bicyclic) bond motifs is 3. The molecule has 1 aliphatic rings. The molecule has 206 valence electrons. The Kier molecular flexibility index (Phi) is 10.0. The minimum Gasteiger partial charge on any atom is -0.504 e. The molecule has 2 unspecified atom stereocenters. The summed E-state index contributed by atoms with van der Waals surface area (Å²) < 4.78 is 16.6. The number of aryl methyl sites for hydroxylation is 1. The normalized spacial score (nSPS) is 15.2. The summed E-state index contributed by atoms with van der Waals surface area (Å²) >= 11 is 0. The molecule has 0 spiro atoms. The van der Waals surface area contributed by atoms with Gasteiger partial charge in [-0.1, -0.05) is 6.07 Å². The molecule has 0 saturated heterocycles. The molecular formula is C25H29NO12. The Labute approximate surface area is 216 Å². The summed E-state index contributed by atoms with van der Waals surface area (Å²) in [6.45, 7) is 1.43. The first-order valence-corrected chi connectivity index (χ1v) is 11.2. The second-order valence-electron chi connectivity index (χ2n) is 8.13. The predicted octanol–water partition coefficient (Wildman–Crippen LogP) is 0.446. The number of hydrogen-bond donors (Lipinski definition) is 6. The summed E-state index contributed by atoms with van der Waals surface area (Å²) in [7, 11) is 4.61. The molecule has 3 rings (SSSR count). The van der Waals surface area contributed by atoms with Gasteiger partial charge in [-0.25, -0.2) is 9.59 Å². The molecule has 3 atom stereocenters. The number of aromatic hydroxyl groups is 1. The number of aliphatic hydroxyl groups is 2. The molecule has 1 amide bonds. The van der Waals surface area contributed by atoms with Gasteiger partial charge in [0.15, 0.2) is 29.5 Å². The molecule has 0 radical (unpaired) electrons. The number of nitrogens with one attached hydrogen (secondary N) is 1. The zero-order valence-electron chi connectivity index (χ0n) is 21.0. The second-order valence-corrected chi connectivity index (χ2v) is 8.13. The summed E-state index contributed by atoms with van der Waals surface area (Å²) in [5, 5.41) is 45.4. The summed E-state index contributed by atoms with van der Waals surface area (Å²) in [6, 6.07) is 5.88. The molecule has 2 aromatic rings. The van der Waals surface area contributed by atoms with E-state index in [1.165, 1.54) is 33.3 Å². The van der Waals surface area contributed by atoms with Crippen LogP contribution in [0.15, 0.2) is 29.1 Å². The van der Waals surface area contributed by atoms with E-state index in [1.807, 2.05) is 6.07 Å². The maximum Gasteiger partial charge on any atom is 0.335 e. The highest BCUT2D eigenvalue weighted by atomic mass is 16.5. The molecule has 0 fully saturated rings. The van der Waals surface area contributed by atoms with Crippen molar-refractivity contribution in [3.05, 3.63) is 45.6 Å². The van der Waals surface area contributed by atoms with Gasteiger partial charge in [0, 0.05) is 12.5 Å². The monoisotopic (exact) mass is 535 g/mol. The van der Waals surface area contributed by atoms with Gasteiger partial charge in [0.25, 0.3) is 0 Å². The lowest BCUT2D eigenvalue weighted by Gasteiger charge is -2.19. The van der Waals surface area contributed by atoms with Crippen LogP contribution in [0.4, 0.5) is 0 Å². The number of ether oxygens (including phenoxy) is 3. The molecule has 0 aliphatic heterocycles. The second kappa shape index (κ2) is 12.7. The van der Waals surface area contributed by atoms with Crippen molar-refractivity contribution in [1.82, 2.24) is 5.32 Å². The predicted molar refractivity (Wildman–Crippen MR) is 132 cm³/mol. The van der Waals surface area contributed by atoms with Gasteiger partial charge in [-0.2, -0.15) is 0 Å². The van der Waals surface area contributed by atoms with Crippen molar-refractivity contribution in [3.63, 3.8) is 0 Å². The number of carboxylic acids is 2. The van der Waals surface area contributed by atoms with Crippen molar-refractivity contribution < 1.29 is 54.1 Å². The number of methoxy groups -OCH3 is 3. The van der Waals surface area contributed by atoms with Crippen LogP contribution in [0.25, 0.3) is 11.1 Å².